The summed E-state index contributed by atoms with van der Waals surface area (Å²) < 4.78 is 13.9. The first kappa shape index (κ1) is 14.5. The first-order valence-corrected chi connectivity index (χ1v) is 6.59. The standard InChI is InChI=1S/C12H13ClFN3O3/c13-8-12(18)16-5-3-15(4-6-16)11-2-1-9(17(19)20)7-10(11)14/h1-2,7H,3-6,8H2. The van der Waals surface area contributed by atoms with Gasteiger partial charge in [-0.2, -0.15) is 0 Å². The van der Waals surface area contributed by atoms with Gasteiger partial charge >= 0.3 is 0 Å². The lowest BCUT2D eigenvalue weighted by atomic mass is 10.2. The second-order valence-corrected chi connectivity index (χ2v) is 4.66. The van der Waals surface area contributed by atoms with Crippen LogP contribution in [-0.2, 0) is 4.79 Å². The molecule has 1 aromatic rings. The summed E-state index contributed by atoms with van der Waals surface area (Å²) in [5.74, 6) is -0.835. The van der Waals surface area contributed by atoms with E-state index >= 15 is 0 Å². The van der Waals surface area contributed by atoms with Gasteiger partial charge in [-0.15, -0.1) is 11.6 Å². The molecule has 1 amide bonds. The molecule has 1 aromatic carbocycles. The Hall–Kier alpha value is -1.89. The number of piperazine rings is 1. The van der Waals surface area contributed by atoms with Crippen LogP contribution in [0.3, 0.4) is 0 Å². The Morgan fingerprint density at radius 2 is 2.00 bits per heavy atom. The number of carbonyl (C=O) groups excluding carboxylic acids is 1. The van der Waals surface area contributed by atoms with E-state index in [1.54, 1.807) is 9.80 Å². The van der Waals surface area contributed by atoms with Crippen LogP contribution in [0.4, 0.5) is 15.8 Å². The number of nitro groups is 1. The molecule has 1 heterocycles. The molecule has 1 fully saturated rings. The fourth-order valence-electron chi connectivity index (χ4n) is 2.15. The summed E-state index contributed by atoms with van der Waals surface area (Å²) in [5.41, 5.74) is 0.0378. The van der Waals surface area contributed by atoms with Gasteiger partial charge in [0, 0.05) is 32.2 Å². The number of non-ortho nitro benzene ring substituents is 1. The zero-order valence-electron chi connectivity index (χ0n) is 10.6. The molecule has 108 valence electrons. The number of amides is 1. The van der Waals surface area contributed by atoms with Crippen LogP contribution in [0.15, 0.2) is 18.2 Å². The van der Waals surface area contributed by atoms with Crippen molar-refractivity contribution in [3.8, 4) is 0 Å². The maximum absolute atomic E-state index is 13.9. The van der Waals surface area contributed by atoms with Crippen LogP contribution < -0.4 is 4.90 Å². The molecule has 8 heteroatoms. The Kier molecular flexibility index (Phi) is 4.39. The topological polar surface area (TPSA) is 66.7 Å². The first-order valence-electron chi connectivity index (χ1n) is 6.05. The number of nitrogens with zero attached hydrogens (tertiary/aromatic N) is 3. The predicted molar refractivity (Wildman–Crippen MR) is 72.6 cm³/mol. The fraction of sp³-hybridized carbons (Fsp3) is 0.417. The molecule has 20 heavy (non-hydrogen) atoms. The number of halogens is 2. The molecular formula is C12H13ClFN3O3. The van der Waals surface area contributed by atoms with E-state index in [1.165, 1.54) is 12.1 Å². The smallest absolute Gasteiger partial charge is 0.272 e. The van der Waals surface area contributed by atoms with Crippen LogP contribution in [0.25, 0.3) is 0 Å². The third kappa shape index (κ3) is 2.98. The number of carbonyl (C=O) groups is 1. The highest BCUT2D eigenvalue weighted by Gasteiger charge is 2.23. The van der Waals surface area contributed by atoms with Crippen molar-refractivity contribution in [1.29, 1.82) is 0 Å². The molecule has 0 bridgehead atoms. The molecule has 1 aliphatic heterocycles. The van der Waals surface area contributed by atoms with Crippen LogP contribution in [0.2, 0.25) is 0 Å². The number of rotatable bonds is 3. The molecule has 0 atom stereocenters. The molecule has 2 rings (SSSR count). The van der Waals surface area contributed by atoms with Crippen LogP contribution in [0.1, 0.15) is 0 Å². The molecular weight excluding hydrogens is 289 g/mol. The second-order valence-electron chi connectivity index (χ2n) is 4.39. The van der Waals surface area contributed by atoms with Crippen molar-refractivity contribution in [2.75, 3.05) is 37.0 Å². The van der Waals surface area contributed by atoms with Crippen molar-refractivity contribution in [2.24, 2.45) is 0 Å². The van der Waals surface area contributed by atoms with Crippen molar-refractivity contribution in [3.05, 3.63) is 34.1 Å². The molecule has 1 aliphatic rings. The summed E-state index contributed by atoms with van der Waals surface area (Å²) in [6.45, 7) is 1.86. The van der Waals surface area contributed by atoms with E-state index in [1.807, 2.05) is 0 Å². The van der Waals surface area contributed by atoms with Crippen molar-refractivity contribution in [1.82, 2.24) is 4.90 Å². The quantitative estimate of drug-likeness (QED) is 0.483. The maximum Gasteiger partial charge on any atom is 0.272 e. The Morgan fingerprint density at radius 1 is 1.35 bits per heavy atom. The largest absolute Gasteiger partial charge is 0.366 e. The predicted octanol–water partition coefficient (Wildman–Crippen LogP) is 1.62. The zero-order chi connectivity index (χ0) is 14.7. The Labute approximate surface area is 119 Å². The van der Waals surface area contributed by atoms with Crippen molar-refractivity contribution < 1.29 is 14.1 Å². The van der Waals surface area contributed by atoms with E-state index in [0.29, 0.717) is 31.9 Å². The lowest BCUT2D eigenvalue weighted by molar-refractivity contribution is -0.385. The van der Waals surface area contributed by atoms with Gasteiger partial charge in [0.25, 0.3) is 5.69 Å². The highest BCUT2D eigenvalue weighted by molar-refractivity contribution is 6.27. The summed E-state index contributed by atoms with van der Waals surface area (Å²) in [6.07, 6.45) is 0. The third-order valence-corrected chi connectivity index (χ3v) is 3.46. The number of nitro benzene ring substituents is 1. The molecule has 0 aliphatic carbocycles. The van der Waals surface area contributed by atoms with Gasteiger partial charge in [0.15, 0.2) is 5.82 Å². The van der Waals surface area contributed by atoms with Gasteiger partial charge in [0.1, 0.15) is 5.88 Å². The van der Waals surface area contributed by atoms with Crippen molar-refractivity contribution in [3.63, 3.8) is 0 Å². The maximum atomic E-state index is 13.9. The number of hydrogen-bond acceptors (Lipinski definition) is 4. The molecule has 0 unspecified atom stereocenters. The molecule has 0 aromatic heterocycles. The second kappa shape index (κ2) is 6.04. The molecule has 1 saturated heterocycles. The highest BCUT2D eigenvalue weighted by Crippen LogP contribution is 2.25. The lowest BCUT2D eigenvalue weighted by Crippen LogP contribution is -2.49. The Bertz CT molecular complexity index is 533. The number of benzene rings is 1. The first-order chi connectivity index (χ1) is 9.52. The molecule has 6 nitrogen and oxygen atoms in total. The number of anilines is 1. The lowest BCUT2D eigenvalue weighted by Gasteiger charge is -2.35. The number of alkyl halides is 1. The van der Waals surface area contributed by atoms with Gasteiger partial charge in [-0.1, -0.05) is 0 Å². The van der Waals surface area contributed by atoms with Crippen molar-refractivity contribution >= 4 is 28.9 Å². The summed E-state index contributed by atoms with van der Waals surface area (Å²) in [6, 6.07) is 3.58. The van der Waals surface area contributed by atoms with E-state index in [9.17, 15) is 19.3 Å². The van der Waals surface area contributed by atoms with Gasteiger partial charge < -0.3 is 9.80 Å². The Morgan fingerprint density at radius 3 is 2.50 bits per heavy atom. The molecule has 0 radical (unpaired) electrons. The zero-order valence-corrected chi connectivity index (χ0v) is 11.3. The van der Waals surface area contributed by atoms with E-state index in [4.69, 9.17) is 11.6 Å². The minimum atomic E-state index is -0.635. The summed E-state index contributed by atoms with van der Waals surface area (Å²) >= 11 is 5.48. The average molecular weight is 302 g/mol. The summed E-state index contributed by atoms with van der Waals surface area (Å²) in [4.78, 5) is 24.7. The van der Waals surface area contributed by atoms with Gasteiger partial charge in [0.05, 0.1) is 16.7 Å². The normalized spacial score (nSPS) is 15.3. The van der Waals surface area contributed by atoms with E-state index < -0.39 is 10.7 Å². The monoisotopic (exact) mass is 301 g/mol. The van der Waals surface area contributed by atoms with Gasteiger partial charge in [0.2, 0.25) is 5.91 Å². The van der Waals surface area contributed by atoms with Crippen LogP contribution in [-0.4, -0.2) is 47.8 Å². The van der Waals surface area contributed by atoms with Gasteiger partial charge in [-0.05, 0) is 6.07 Å². The van der Waals surface area contributed by atoms with Crippen LogP contribution in [0.5, 0.6) is 0 Å². The van der Waals surface area contributed by atoms with Crippen LogP contribution >= 0.6 is 11.6 Å². The minimum Gasteiger partial charge on any atom is -0.366 e. The number of hydrogen-bond donors (Lipinski definition) is 0. The van der Waals surface area contributed by atoms with Gasteiger partial charge in [-0.3, -0.25) is 14.9 Å². The van der Waals surface area contributed by atoms with Crippen molar-refractivity contribution in [2.45, 2.75) is 0 Å². The molecule has 0 N–H and O–H groups in total. The average Bonchev–Trinajstić information content (AvgIpc) is 2.46. The van der Waals surface area contributed by atoms with Gasteiger partial charge in [-0.25, -0.2) is 4.39 Å². The Balaban J connectivity index is 2.07. The summed E-state index contributed by atoms with van der Waals surface area (Å²) in [7, 11) is 0. The molecule has 0 saturated carbocycles. The fourth-order valence-corrected chi connectivity index (χ4v) is 2.32. The summed E-state index contributed by atoms with van der Waals surface area (Å²) in [5, 5.41) is 10.6. The minimum absolute atomic E-state index is 0.0636. The highest BCUT2D eigenvalue weighted by atomic mass is 35.5. The van der Waals surface area contributed by atoms with E-state index in [0.717, 1.165) is 6.07 Å². The van der Waals surface area contributed by atoms with E-state index in [2.05, 4.69) is 0 Å². The molecule has 0 spiro atoms. The third-order valence-electron chi connectivity index (χ3n) is 3.23. The van der Waals surface area contributed by atoms with Crippen LogP contribution in [0, 0.1) is 15.9 Å². The van der Waals surface area contributed by atoms with E-state index in [-0.39, 0.29) is 17.5 Å². The SMILES string of the molecule is O=C(CCl)N1CCN(c2ccc([N+](=O)[O-])cc2F)CC1.